The first kappa shape index (κ1) is 9.71. The molecule has 3 rings (SSSR count). The van der Waals surface area contributed by atoms with Crippen molar-refractivity contribution in [1.29, 1.82) is 0 Å². The maximum atomic E-state index is 3.60. The summed E-state index contributed by atoms with van der Waals surface area (Å²) >= 11 is 0. The highest BCUT2D eigenvalue weighted by molar-refractivity contribution is 5.94. The largest absolute Gasteiger partial charge is 0.377 e. The number of anilines is 1. The zero-order valence-corrected chi connectivity index (χ0v) is 9.37. The number of benzene rings is 2. The molecule has 0 heterocycles. The van der Waals surface area contributed by atoms with Gasteiger partial charge in [0.15, 0.2) is 0 Å². The second kappa shape index (κ2) is 4.17. The molecule has 1 nitrogen and oxygen atoms in total. The van der Waals surface area contributed by atoms with Gasteiger partial charge in [-0.3, -0.25) is 0 Å². The van der Waals surface area contributed by atoms with Crippen LogP contribution in [-0.4, -0.2) is 0 Å². The summed E-state index contributed by atoms with van der Waals surface area (Å²) in [4.78, 5) is 0. The SMILES string of the molecule is c1ccc2c(N[C]3CCCC3)cccc2c1. The van der Waals surface area contributed by atoms with Gasteiger partial charge in [-0.1, -0.05) is 49.2 Å². The van der Waals surface area contributed by atoms with Gasteiger partial charge in [0.25, 0.3) is 0 Å². The summed E-state index contributed by atoms with van der Waals surface area (Å²) in [6, 6.07) is 16.5. The fraction of sp³-hybridized carbons (Fsp3) is 0.267. The second-order valence-corrected chi connectivity index (χ2v) is 4.46. The average Bonchev–Trinajstić information content (AvgIpc) is 2.82. The van der Waals surface area contributed by atoms with Crippen molar-refractivity contribution in [3.8, 4) is 0 Å². The van der Waals surface area contributed by atoms with Gasteiger partial charge in [-0.2, -0.15) is 0 Å². The summed E-state index contributed by atoms with van der Waals surface area (Å²) in [5, 5.41) is 6.24. The molecule has 81 valence electrons. The van der Waals surface area contributed by atoms with Gasteiger partial charge in [0.05, 0.1) is 6.04 Å². The molecule has 0 atom stereocenters. The van der Waals surface area contributed by atoms with Gasteiger partial charge < -0.3 is 5.32 Å². The molecule has 1 saturated carbocycles. The van der Waals surface area contributed by atoms with Gasteiger partial charge in [0.2, 0.25) is 0 Å². The quantitative estimate of drug-likeness (QED) is 0.776. The van der Waals surface area contributed by atoms with Crippen molar-refractivity contribution in [2.75, 3.05) is 5.32 Å². The van der Waals surface area contributed by atoms with E-state index in [0.29, 0.717) is 0 Å². The molecule has 16 heavy (non-hydrogen) atoms. The van der Waals surface area contributed by atoms with E-state index in [-0.39, 0.29) is 0 Å². The minimum absolute atomic E-state index is 1.24. The Morgan fingerprint density at radius 2 is 1.56 bits per heavy atom. The van der Waals surface area contributed by atoms with Gasteiger partial charge >= 0.3 is 0 Å². The van der Waals surface area contributed by atoms with E-state index < -0.39 is 0 Å². The van der Waals surface area contributed by atoms with Gasteiger partial charge in [-0.15, -0.1) is 0 Å². The van der Waals surface area contributed by atoms with E-state index in [4.69, 9.17) is 0 Å². The highest BCUT2D eigenvalue weighted by Crippen LogP contribution is 2.31. The van der Waals surface area contributed by atoms with Gasteiger partial charge in [0, 0.05) is 11.1 Å². The predicted octanol–water partition coefficient (Wildman–Crippen LogP) is 4.36. The molecule has 0 spiro atoms. The molecule has 1 N–H and O–H groups in total. The van der Waals surface area contributed by atoms with E-state index in [1.807, 2.05) is 0 Å². The van der Waals surface area contributed by atoms with Crippen LogP contribution in [0.25, 0.3) is 10.8 Å². The fourth-order valence-corrected chi connectivity index (χ4v) is 2.45. The summed E-state index contributed by atoms with van der Waals surface area (Å²) in [6.45, 7) is 0. The number of fused-ring (bicyclic) bond motifs is 1. The van der Waals surface area contributed by atoms with Crippen LogP contribution >= 0.6 is 0 Å². The fourth-order valence-electron chi connectivity index (χ4n) is 2.45. The monoisotopic (exact) mass is 210 g/mol. The molecule has 0 aromatic heterocycles. The lowest BCUT2D eigenvalue weighted by molar-refractivity contribution is 0.886. The average molecular weight is 210 g/mol. The summed E-state index contributed by atoms with van der Waals surface area (Å²) in [7, 11) is 0. The molecule has 0 saturated heterocycles. The Labute approximate surface area is 96.5 Å². The van der Waals surface area contributed by atoms with Crippen LogP contribution in [0, 0.1) is 6.04 Å². The molecule has 0 bridgehead atoms. The van der Waals surface area contributed by atoms with Crippen molar-refractivity contribution >= 4 is 16.5 Å². The van der Waals surface area contributed by atoms with Crippen LogP contribution in [0.2, 0.25) is 0 Å². The minimum atomic E-state index is 1.24. The first-order valence-electron chi connectivity index (χ1n) is 6.03. The lowest BCUT2D eigenvalue weighted by Gasteiger charge is -2.14. The maximum Gasteiger partial charge on any atom is 0.0603 e. The molecule has 1 heteroatoms. The molecular weight excluding hydrogens is 194 g/mol. The molecule has 0 unspecified atom stereocenters. The van der Waals surface area contributed by atoms with Crippen molar-refractivity contribution in [3.63, 3.8) is 0 Å². The van der Waals surface area contributed by atoms with Crippen molar-refractivity contribution in [3.05, 3.63) is 48.5 Å². The number of nitrogens with one attached hydrogen (secondary N) is 1. The van der Waals surface area contributed by atoms with Crippen LogP contribution < -0.4 is 5.32 Å². The Kier molecular flexibility index (Phi) is 2.53. The number of hydrogen-bond acceptors (Lipinski definition) is 1. The van der Waals surface area contributed by atoms with Crippen molar-refractivity contribution in [2.45, 2.75) is 25.7 Å². The van der Waals surface area contributed by atoms with Gasteiger partial charge in [-0.25, -0.2) is 0 Å². The highest BCUT2D eigenvalue weighted by Gasteiger charge is 2.16. The van der Waals surface area contributed by atoms with E-state index in [9.17, 15) is 0 Å². The Morgan fingerprint density at radius 1 is 0.812 bits per heavy atom. The molecule has 1 aliphatic carbocycles. The summed E-state index contributed by atoms with van der Waals surface area (Å²) in [5.74, 6) is 0. The predicted molar refractivity (Wildman–Crippen MR) is 69.3 cm³/mol. The molecule has 2 aromatic rings. The highest BCUT2D eigenvalue weighted by atomic mass is 14.9. The zero-order chi connectivity index (χ0) is 10.8. The normalized spacial score (nSPS) is 16.8. The molecule has 1 radical (unpaired) electrons. The minimum Gasteiger partial charge on any atom is -0.377 e. The summed E-state index contributed by atoms with van der Waals surface area (Å²) < 4.78 is 0. The lowest BCUT2D eigenvalue weighted by atomic mass is 10.1. The first-order chi connectivity index (χ1) is 7.93. The van der Waals surface area contributed by atoms with Crippen LogP contribution in [0.15, 0.2) is 42.5 Å². The van der Waals surface area contributed by atoms with Crippen LogP contribution in [0.5, 0.6) is 0 Å². The Balaban J connectivity index is 1.96. The van der Waals surface area contributed by atoms with Crippen LogP contribution in [0.3, 0.4) is 0 Å². The van der Waals surface area contributed by atoms with Crippen LogP contribution in [-0.2, 0) is 0 Å². The third kappa shape index (κ3) is 1.78. The van der Waals surface area contributed by atoms with E-state index in [1.54, 1.807) is 0 Å². The standard InChI is InChI=1S/C15H16N/c1-4-10-14-12(6-1)7-5-11-15(14)16-13-8-2-3-9-13/h1,4-7,10-11,16H,2-3,8-9H2. The van der Waals surface area contributed by atoms with Crippen molar-refractivity contribution < 1.29 is 0 Å². The van der Waals surface area contributed by atoms with Gasteiger partial charge in [0.1, 0.15) is 0 Å². The third-order valence-corrected chi connectivity index (χ3v) is 3.31. The summed E-state index contributed by atoms with van der Waals surface area (Å²) in [5.41, 5.74) is 1.26. The third-order valence-electron chi connectivity index (χ3n) is 3.31. The van der Waals surface area contributed by atoms with Crippen LogP contribution in [0.1, 0.15) is 25.7 Å². The molecule has 0 amide bonds. The second-order valence-electron chi connectivity index (χ2n) is 4.46. The van der Waals surface area contributed by atoms with E-state index in [2.05, 4.69) is 47.8 Å². The zero-order valence-electron chi connectivity index (χ0n) is 9.37. The molecule has 1 fully saturated rings. The molecule has 2 aromatic carbocycles. The number of rotatable bonds is 2. The van der Waals surface area contributed by atoms with E-state index in [1.165, 1.54) is 48.2 Å². The maximum absolute atomic E-state index is 3.60. The topological polar surface area (TPSA) is 12.0 Å². The van der Waals surface area contributed by atoms with Gasteiger partial charge in [-0.05, 0) is 24.3 Å². The van der Waals surface area contributed by atoms with E-state index >= 15 is 0 Å². The molecule has 1 aliphatic rings. The lowest BCUT2D eigenvalue weighted by Crippen LogP contribution is -2.05. The Morgan fingerprint density at radius 3 is 2.44 bits per heavy atom. The smallest absolute Gasteiger partial charge is 0.0603 e. The Hall–Kier alpha value is -1.50. The molecule has 0 aliphatic heterocycles. The first-order valence-corrected chi connectivity index (χ1v) is 6.03. The van der Waals surface area contributed by atoms with E-state index in [0.717, 1.165) is 0 Å². The Bertz CT molecular complexity index is 478. The number of hydrogen-bond donors (Lipinski definition) is 1. The summed E-state index contributed by atoms with van der Waals surface area (Å²) in [6.07, 6.45) is 5.16. The molecular formula is C15H16N. The van der Waals surface area contributed by atoms with Crippen molar-refractivity contribution in [1.82, 2.24) is 0 Å². The van der Waals surface area contributed by atoms with Crippen LogP contribution in [0.4, 0.5) is 5.69 Å². The van der Waals surface area contributed by atoms with Crippen molar-refractivity contribution in [2.24, 2.45) is 0 Å².